The summed E-state index contributed by atoms with van der Waals surface area (Å²) in [6.45, 7) is 1.91. The van der Waals surface area contributed by atoms with E-state index in [2.05, 4.69) is 10.2 Å². The van der Waals surface area contributed by atoms with Gasteiger partial charge in [-0.1, -0.05) is 18.2 Å². The fraction of sp³-hybridized carbons (Fsp3) is 0.263. The van der Waals surface area contributed by atoms with Gasteiger partial charge in [0.25, 0.3) is 11.1 Å². The second-order valence-electron chi connectivity index (χ2n) is 5.76. The first-order valence-corrected chi connectivity index (χ1v) is 8.56. The van der Waals surface area contributed by atoms with E-state index >= 15 is 0 Å². The third-order valence-electron chi connectivity index (χ3n) is 3.97. The van der Waals surface area contributed by atoms with Crippen LogP contribution in [0.2, 0.25) is 0 Å². The molecule has 1 aliphatic rings. The van der Waals surface area contributed by atoms with E-state index in [4.69, 9.17) is 17.0 Å². The number of nitrogens with one attached hydrogen (secondary N) is 1. The Bertz CT molecular complexity index is 695. The molecule has 1 heterocycles. The van der Waals surface area contributed by atoms with E-state index in [1.165, 1.54) is 6.42 Å². The highest BCUT2D eigenvalue weighted by atomic mass is 32.1. The quantitative estimate of drug-likeness (QED) is 0.855. The largest absolute Gasteiger partial charge is 0.432 e. The lowest BCUT2D eigenvalue weighted by Crippen LogP contribution is -2.37. The van der Waals surface area contributed by atoms with Crippen molar-refractivity contribution in [3.8, 4) is 5.75 Å². The minimum absolute atomic E-state index is 0.147. The molecule has 0 aromatic heterocycles. The number of nitrogens with zero attached hydrogens (tertiary/aromatic N) is 1. The lowest BCUT2D eigenvalue weighted by molar-refractivity contribution is 0.102. The van der Waals surface area contributed by atoms with Crippen LogP contribution in [0.3, 0.4) is 0 Å². The standard InChI is InChI=1S/C19H20N2O2S/c22-18(20-16-7-3-1-4-8-16)15-9-11-17(12-10-15)23-19(24)21-13-5-2-6-14-21/h1,3-4,7-12H,2,5-6,13-14H2,(H,20,22). The minimum Gasteiger partial charge on any atom is -0.432 e. The molecular weight excluding hydrogens is 320 g/mol. The van der Waals surface area contributed by atoms with Gasteiger partial charge in [0, 0.05) is 24.3 Å². The molecule has 0 saturated carbocycles. The van der Waals surface area contributed by atoms with E-state index in [0.29, 0.717) is 16.5 Å². The number of carbonyl (C=O) groups is 1. The van der Waals surface area contributed by atoms with Crippen molar-refractivity contribution in [2.24, 2.45) is 0 Å². The van der Waals surface area contributed by atoms with E-state index in [1.807, 2.05) is 30.3 Å². The molecule has 1 amide bonds. The molecule has 1 saturated heterocycles. The Balaban J connectivity index is 1.58. The molecule has 3 rings (SSSR count). The Morgan fingerprint density at radius 1 is 0.958 bits per heavy atom. The third-order valence-corrected chi connectivity index (χ3v) is 4.31. The van der Waals surface area contributed by atoms with Crippen LogP contribution in [0, 0.1) is 0 Å². The SMILES string of the molecule is O=C(Nc1ccccc1)c1ccc(OC(=S)N2CCCCC2)cc1. The van der Waals surface area contributed by atoms with Gasteiger partial charge < -0.3 is 15.0 Å². The van der Waals surface area contributed by atoms with Crippen LogP contribution in [0.15, 0.2) is 54.6 Å². The van der Waals surface area contributed by atoms with Gasteiger partial charge in [0.1, 0.15) is 5.75 Å². The number of rotatable bonds is 3. The van der Waals surface area contributed by atoms with Gasteiger partial charge in [-0.15, -0.1) is 0 Å². The van der Waals surface area contributed by atoms with Crippen molar-refractivity contribution in [1.29, 1.82) is 0 Å². The summed E-state index contributed by atoms with van der Waals surface area (Å²) in [6, 6.07) is 16.4. The van der Waals surface area contributed by atoms with Crippen molar-refractivity contribution in [2.75, 3.05) is 18.4 Å². The lowest BCUT2D eigenvalue weighted by atomic mass is 10.1. The molecule has 2 aromatic rings. The topological polar surface area (TPSA) is 41.6 Å². The third kappa shape index (κ3) is 4.32. The van der Waals surface area contributed by atoms with E-state index < -0.39 is 0 Å². The Morgan fingerprint density at radius 3 is 2.29 bits per heavy atom. The number of amides is 1. The molecule has 0 unspecified atom stereocenters. The first kappa shape index (κ1) is 16.5. The molecule has 5 heteroatoms. The Morgan fingerprint density at radius 2 is 1.62 bits per heavy atom. The summed E-state index contributed by atoms with van der Waals surface area (Å²) >= 11 is 5.35. The molecule has 24 heavy (non-hydrogen) atoms. The maximum Gasteiger partial charge on any atom is 0.264 e. The van der Waals surface area contributed by atoms with Crippen molar-refractivity contribution in [3.63, 3.8) is 0 Å². The lowest BCUT2D eigenvalue weighted by Gasteiger charge is -2.28. The zero-order valence-corrected chi connectivity index (χ0v) is 14.2. The van der Waals surface area contributed by atoms with Gasteiger partial charge in [-0.05, 0) is 67.9 Å². The summed E-state index contributed by atoms with van der Waals surface area (Å²) in [5, 5.41) is 3.37. The van der Waals surface area contributed by atoms with Crippen molar-refractivity contribution in [1.82, 2.24) is 4.90 Å². The number of thiocarbonyl (C=S) groups is 1. The summed E-state index contributed by atoms with van der Waals surface area (Å²) in [4.78, 5) is 14.3. The zero-order valence-electron chi connectivity index (χ0n) is 13.4. The predicted molar refractivity (Wildman–Crippen MR) is 99.5 cm³/mol. The van der Waals surface area contributed by atoms with Crippen LogP contribution in [0.1, 0.15) is 29.6 Å². The van der Waals surface area contributed by atoms with Gasteiger partial charge in [0.05, 0.1) is 0 Å². The van der Waals surface area contributed by atoms with E-state index in [-0.39, 0.29) is 5.91 Å². The normalized spacial score (nSPS) is 14.1. The van der Waals surface area contributed by atoms with Crippen molar-refractivity contribution in [2.45, 2.75) is 19.3 Å². The molecule has 0 radical (unpaired) electrons. The smallest absolute Gasteiger partial charge is 0.264 e. The summed E-state index contributed by atoms with van der Waals surface area (Å²) in [6.07, 6.45) is 3.56. The average Bonchev–Trinajstić information content (AvgIpc) is 2.64. The first-order valence-electron chi connectivity index (χ1n) is 8.15. The number of hydrogen-bond donors (Lipinski definition) is 1. The molecule has 1 aliphatic heterocycles. The van der Waals surface area contributed by atoms with Crippen LogP contribution in [-0.4, -0.2) is 29.1 Å². The van der Waals surface area contributed by atoms with Gasteiger partial charge in [-0.25, -0.2) is 0 Å². The summed E-state index contributed by atoms with van der Waals surface area (Å²) < 4.78 is 5.73. The Kier molecular flexibility index (Phi) is 5.43. The number of ether oxygens (including phenoxy) is 1. The highest BCUT2D eigenvalue weighted by molar-refractivity contribution is 7.80. The van der Waals surface area contributed by atoms with Crippen molar-refractivity contribution >= 4 is 29.0 Å². The molecule has 1 N–H and O–H groups in total. The molecule has 2 aromatic carbocycles. The van der Waals surface area contributed by atoms with Crippen LogP contribution in [0.25, 0.3) is 0 Å². The van der Waals surface area contributed by atoms with Gasteiger partial charge in [0.2, 0.25) is 0 Å². The van der Waals surface area contributed by atoms with E-state index in [9.17, 15) is 4.79 Å². The predicted octanol–water partition coefficient (Wildman–Crippen LogP) is 4.09. The van der Waals surface area contributed by atoms with Gasteiger partial charge in [-0.2, -0.15) is 0 Å². The number of anilines is 1. The van der Waals surface area contributed by atoms with Gasteiger partial charge in [0.15, 0.2) is 0 Å². The maximum absolute atomic E-state index is 12.2. The molecular formula is C19H20N2O2S. The fourth-order valence-corrected chi connectivity index (χ4v) is 2.92. The summed E-state index contributed by atoms with van der Waals surface area (Å²) in [7, 11) is 0. The highest BCUT2D eigenvalue weighted by Gasteiger charge is 2.15. The molecule has 0 bridgehead atoms. The molecule has 0 atom stereocenters. The number of likely N-dealkylation sites (tertiary alicyclic amines) is 1. The number of hydrogen-bond acceptors (Lipinski definition) is 3. The second-order valence-corrected chi connectivity index (χ2v) is 6.11. The van der Waals surface area contributed by atoms with Crippen LogP contribution in [0.5, 0.6) is 5.75 Å². The second kappa shape index (κ2) is 7.93. The Hall–Kier alpha value is -2.40. The number of para-hydroxylation sites is 1. The van der Waals surface area contributed by atoms with E-state index in [1.54, 1.807) is 24.3 Å². The molecule has 1 fully saturated rings. The summed E-state index contributed by atoms with van der Waals surface area (Å²) in [5.74, 6) is 0.508. The minimum atomic E-state index is -0.147. The average molecular weight is 340 g/mol. The van der Waals surface area contributed by atoms with Crippen LogP contribution < -0.4 is 10.1 Å². The Labute approximate surface area is 147 Å². The summed E-state index contributed by atoms with van der Waals surface area (Å²) in [5.41, 5.74) is 1.35. The number of benzene rings is 2. The van der Waals surface area contributed by atoms with Crippen LogP contribution >= 0.6 is 12.2 Å². The first-order chi connectivity index (χ1) is 11.7. The monoisotopic (exact) mass is 340 g/mol. The molecule has 0 aliphatic carbocycles. The van der Waals surface area contributed by atoms with Gasteiger partial charge in [-0.3, -0.25) is 4.79 Å². The van der Waals surface area contributed by atoms with Crippen molar-refractivity contribution in [3.05, 3.63) is 60.2 Å². The fourth-order valence-electron chi connectivity index (χ4n) is 2.64. The molecule has 124 valence electrons. The maximum atomic E-state index is 12.2. The number of carbonyl (C=O) groups excluding carboxylic acids is 1. The van der Waals surface area contributed by atoms with Crippen LogP contribution in [0.4, 0.5) is 5.69 Å². The van der Waals surface area contributed by atoms with Gasteiger partial charge >= 0.3 is 0 Å². The van der Waals surface area contributed by atoms with Crippen LogP contribution in [-0.2, 0) is 0 Å². The highest BCUT2D eigenvalue weighted by Crippen LogP contribution is 2.17. The molecule has 0 spiro atoms. The molecule has 4 nitrogen and oxygen atoms in total. The van der Waals surface area contributed by atoms with Crippen molar-refractivity contribution < 1.29 is 9.53 Å². The zero-order chi connectivity index (χ0) is 16.8. The van der Waals surface area contributed by atoms with E-state index in [0.717, 1.165) is 31.6 Å². The number of piperidine rings is 1.